The van der Waals surface area contributed by atoms with Gasteiger partial charge in [-0.15, -0.1) is 0 Å². The topological polar surface area (TPSA) is 0 Å². The van der Waals surface area contributed by atoms with Crippen molar-refractivity contribution in [2.75, 3.05) is 0 Å². The molecule has 2 radical (unpaired) electrons. The molecule has 0 aromatic heterocycles. The molecule has 0 heterocycles. The van der Waals surface area contributed by atoms with Crippen LogP contribution in [0.2, 0.25) is 0 Å². The number of aryl methyl sites for hydroxylation is 3. The molecule has 0 unspecified atom stereocenters. The molecule has 0 fully saturated rings. The summed E-state index contributed by atoms with van der Waals surface area (Å²) in [6.07, 6.45) is 4.63. The van der Waals surface area contributed by atoms with Gasteiger partial charge in [0.25, 0.3) is 0 Å². The van der Waals surface area contributed by atoms with E-state index in [4.69, 9.17) is 6.92 Å². The quantitative estimate of drug-likeness (QED) is 0.451. The summed E-state index contributed by atoms with van der Waals surface area (Å²) in [6, 6.07) is 22.5. The van der Waals surface area contributed by atoms with Crippen LogP contribution in [-0.4, -0.2) is 0 Å². The van der Waals surface area contributed by atoms with E-state index in [0.29, 0.717) is 6.42 Å². The van der Waals surface area contributed by atoms with Crippen LogP contribution in [0.5, 0.6) is 0 Å². The summed E-state index contributed by atoms with van der Waals surface area (Å²) in [4.78, 5) is 0. The third-order valence-corrected chi connectivity index (χ3v) is 5.37. The molecule has 0 saturated carbocycles. The highest BCUT2D eigenvalue weighted by atomic mass is 14.2. The van der Waals surface area contributed by atoms with Crippen molar-refractivity contribution in [1.82, 2.24) is 0 Å². The molecule has 138 valence electrons. The van der Waals surface area contributed by atoms with Crippen molar-refractivity contribution in [3.63, 3.8) is 0 Å². The normalized spacial score (nSPS) is 11.0. The smallest absolute Gasteiger partial charge is 0.00227 e. The average molecular weight is 355 g/mol. The Balaban J connectivity index is 1.95. The second-order valence-corrected chi connectivity index (χ2v) is 7.47. The molecule has 3 rings (SSSR count). The zero-order valence-corrected chi connectivity index (χ0v) is 16.9. The van der Waals surface area contributed by atoms with Crippen molar-refractivity contribution < 1.29 is 0 Å². The Morgan fingerprint density at radius 1 is 0.667 bits per heavy atom. The Hall–Kier alpha value is -2.34. The molecule has 0 spiro atoms. The van der Waals surface area contributed by atoms with Crippen LogP contribution in [0.15, 0.2) is 60.7 Å². The summed E-state index contributed by atoms with van der Waals surface area (Å²) in [5.41, 5.74) is 10.9. The molecule has 0 atom stereocenters. The fourth-order valence-electron chi connectivity index (χ4n) is 3.91. The van der Waals surface area contributed by atoms with E-state index in [1.165, 1.54) is 44.5 Å². The van der Waals surface area contributed by atoms with Crippen LogP contribution >= 0.6 is 0 Å². The average Bonchev–Trinajstić information content (AvgIpc) is 2.68. The Bertz CT molecular complexity index is 831. The summed E-state index contributed by atoms with van der Waals surface area (Å²) in [5, 5.41) is 0. The molecule has 0 aliphatic rings. The van der Waals surface area contributed by atoms with E-state index >= 15 is 0 Å². The number of hydrogen-bond donors (Lipinski definition) is 0. The number of hydrogen-bond acceptors (Lipinski definition) is 0. The van der Waals surface area contributed by atoms with Crippen molar-refractivity contribution >= 4 is 0 Å². The first-order valence-electron chi connectivity index (χ1n) is 10.1. The summed E-state index contributed by atoms with van der Waals surface area (Å²) in [5.74, 6) is 0. The van der Waals surface area contributed by atoms with E-state index in [9.17, 15) is 0 Å². The first kappa shape index (κ1) is 19.4. The molecule has 3 aromatic rings. The van der Waals surface area contributed by atoms with Gasteiger partial charge < -0.3 is 0 Å². The maximum absolute atomic E-state index is 6.22. The zero-order valence-electron chi connectivity index (χ0n) is 16.9. The predicted octanol–water partition coefficient (Wildman–Crippen LogP) is 6.56. The van der Waals surface area contributed by atoms with Crippen molar-refractivity contribution in [3.05, 3.63) is 112 Å². The van der Waals surface area contributed by atoms with Crippen molar-refractivity contribution in [3.8, 4) is 0 Å². The van der Waals surface area contributed by atoms with E-state index < -0.39 is 0 Å². The van der Waals surface area contributed by atoms with Gasteiger partial charge in [0, 0.05) is 0 Å². The SMILES string of the molecule is [CH]Cc1c(Cc2cccc(CC)c2)cc(C)cc1Cc1cccc(CC)c1. The minimum atomic E-state index is 0.589. The van der Waals surface area contributed by atoms with Gasteiger partial charge in [-0.25, -0.2) is 0 Å². The fourth-order valence-corrected chi connectivity index (χ4v) is 3.91. The molecular weight excluding hydrogens is 324 g/mol. The lowest BCUT2D eigenvalue weighted by molar-refractivity contribution is 1.03. The highest BCUT2D eigenvalue weighted by molar-refractivity contribution is 5.45. The van der Waals surface area contributed by atoms with E-state index in [-0.39, 0.29) is 0 Å². The van der Waals surface area contributed by atoms with Gasteiger partial charge >= 0.3 is 0 Å². The van der Waals surface area contributed by atoms with Gasteiger partial charge in [-0.05, 0) is 84.9 Å². The van der Waals surface area contributed by atoms with Gasteiger partial charge in [0.2, 0.25) is 0 Å². The monoisotopic (exact) mass is 354 g/mol. The van der Waals surface area contributed by atoms with E-state index in [0.717, 1.165) is 25.7 Å². The molecule has 0 N–H and O–H groups in total. The third-order valence-electron chi connectivity index (χ3n) is 5.37. The van der Waals surface area contributed by atoms with Crippen LogP contribution in [0.1, 0.15) is 58.4 Å². The van der Waals surface area contributed by atoms with Crippen LogP contribution < -0.4 is 0 Å². The molecule has 3 aromatic carbocycles. The maximum Gasteiger partial charge on any atom is -0.00227 e. The molecule has 27 heavy (non-hydrogen) atoms. The fraction of sp³-hybridized carbons (Fsp3) is 0.296. The lowest BCUT2D eigenvalue weighted by atomic mass is 9.89. The van der Waals surface area contributed by atoms with Gasteiger partial charge in [0.05, 0.1) is 0 Å². The largest absolute Gasteiger partial charge is 0.0617 e. The molecule has 0 aliphatic heterocycles. The summed E-state index contributed by atoms with van der Waals surface area (Å²) >= 11 is 0. The Labute approximate surface area is 165 Å². The van der Waals surface area contributed by atoms with E-state index in [1.807, 2.05) is 0 Å². The highest BCUT2D eigenvalue weighted by Crippen LogP contribution is 2.24. The standard InChI is InChI=1S/C27H30/c1-5-21-10-8-12-23(16-21)18-25-14-20(4)15-26(27(25)7-3)19-24-13-9-11-22(6-2)17-24/h3,8-17H,5-7,18-19H2,1-2,4H3. The first-order valence-corrected chi connectivity index (χ1v) is 10.1. The summed E-state index contributed by atoms with van der Waals surface area (Å²) in [6.45, 7) is 12.8. The minimum absolute atomic E-state index is 0.589. The van der Waals surface area contributed by atoms with Crippen LogP contribution in [-0.2, 0) is 32.1 Å². The molecule has 0 nitrogen and oxygen atoms in total. The molecule has 0 bridgehead atoms. The lowest BCUT2D eigenvalue weighted by Crippen LogP contribution is -2.03. The molecule has 0 saturated heterocycles. The van der Waals surface area contributed by atoms with Gasteiger partial charge in [-0.3, -0.25) is 0 Å². The van der Waals surface area contributed by atoms with Crippen molar-refractivity contribution in [2.45, 2.75) is 52.9 Å². The van der Waals surface area contributed by atoms with Crippen molar-refractivity contribution in [2.24, 2.45) is 0 Å². The van der Waals surface area contributed by atoms with Gasteiger partial charge in [0.1, 0.15) is 0 Å². The second-order valence-electron chi connectivity index (χ2n) is 7.47. The Kier molecular flexibility index (Phi) is 6.50. The Morgan fingerprint density at radius 3 is 1.52 bits per heavy atom. The van der Waals surface area contributed by atoms with Crippen LogP contribution in [0.3, 0.4) is 0 Å². The van der Waals surface area contributed by atoms with Crippen molar-refractivity contribution in [1.29, 1.82) is 0 Å². The first-order chi connectivity index (χ1) is 13.1. The van der Waals surface area contributed by atoms with Crippen LogP contribution in [0.25, 0.3) is 0 Å². The zero-order chi connectivity index (χ0) is 19.2. The third kappa shape index (κ3) is 4.89. The second kappa shape index (κ2) is 9.04. The molecule has 0 aliphatic carbocycles. The number of benzene rings is 3. The van der Waals surface area contributed by atoms with Crippen LogP contribution in [0.4, 0.5) is 0 Å². The minimum Gasteiger partial charge on any atom is -0.0617 e. The Morgan fingerprint density at radius 2 is 1.11 bits per heavy atom. The van der Waals surface area contributed by atoms with Crippen LogP contribution in [0, 0.1) is 13.8 Å². The highest BCUT2D eigenvalue weighted by Gasteiger charge is 2.11. The van der Waals surface area contributed by atoms with Gasteiger partial charge in [-0.1, -0.05) is 80.1 Å². The maximum atomic E-state index is 6.22. The predicted molar refractivity (Wildman–Crippen MR) is 116 cm³/mol. The lowest BCUT2D eigenvalue weighted by Gasteiger charge is -2.16. The van der Waals surface area contributed by atoms with Gasteiger partial charge in [-0.2, -0.15) is 0 Å². The van der Waals surface area contributed by atoms with E-state index in [2.05, 4.69) is 81.4 Å². The van der Waals surface area contributed by atoms with E-state index in [1.54, 1.807) is 0 Å². The van der Waals surface area contributed by atoms with Gasteiger partial charge in [0.15, 0.2) is 0 Å². The summed E-state index contributed by atoms with van der Waals surface area (Å²) < 4.78 is 0. The molecular formula is C27H30. The molecule has 0 heteroatoms. The summed E-state index contributed by atoms with van der Waals surface area (Å²) in [7, 11) is 0. The molecule has 0 amide bonds. The number of rotatable bonds is 7.